The van der Waals surface area contributed by atoms with Crippen molar-refractivity contribution < 1.29 is 18.0 Å². The van der Waals surface area contributed by atoms with E-state index in [9.17, 15) is 22.8 Å². The number of alkyl halides is 3. The number of nitrogens with one attached hydrogen (secondary N) is 1. The van der Waals surface area contributed by atoms with Gasteiger partial charge >= 0.3 is 6.18 Å². The van der Waals surface area contributed by atoms with Gasteiger partial charge in [-0.25, -0.2) is 4.98 Å². The molecule has 3 rings (SSSR count). The second kappa shape index (κ2) is 6.91. The first-order valence-electron chi connectivity index (χ1n) is 7.73. The first-order chi connectivity index (χ1) is 12.3. The lowest BCUT2D eigenvalue weighted by Gasteiger charge is -2.13. The highest BCUT2D eigenvalue weighted by atomic mass is 32.1. The number of hydrogen-bond donors (Lipinski definition) is 1. The second-order valence-corrected chi connectivity index (χ2v) is 6.67. The van der Waals surface area contributed by atoms with Crippen molar-refractivity contribution in [2.45, 2.75) is 26.1 Å². The number of carbonyl (C=O) groups excluding carboxylic acids is 1. The zero-order valence-corrected chi connectivity index (χ0v) is 14.4. The largest absolute Gasteiger partial charge is 0.418 e. The van der Waals surface area contributed by atoms with Gasteiger partial charge < -0.3 is 5.32 Å². The number of thiophene rings is 1. The van der Waals surface area contributed by atoms with E-state index in [4.69, 9.17) is 0 Å². The molecule has 2 aromatic heterocycles. The Labute approximate surface area is 150 Å². The van der Waals surface area contributed by atoms with Gasteiger partial charge in [-0.1, -0.05) is 19.1 Å². The van der Waals surface area contributed by atoms with Crippen LogP contribution < -0.4 is 10.9 Å². The number of anilines is 1. The van der Waals surface area contributed by atoms with Gasteiger partial charge in [-0.2, -0.15) is 13.2 Å². The Hall–Kier alpha value is -2.68. The van der Waals surface area contributed by atoms with Crippen LogP contribution in [-0.4, -0.2) is 15.5 Å². The van der Waals surface area contributed by atoms with Crippen molar-refractivity contribution in [1.29, 1.82) is 0 Å². The first-order valence-corrected chi connectivity index (χ1v) is 8.55. The van der Waals surface area contributed by atoms with E-state index in [2.05, 4.69) is 10.3 Å². The van der Waals surface area contributed by atoms with E-state index >= 15 is 0 Å². The van der Waals surface area contributed by atoms with Gasteiger partial charge in [0.1, 0.15) is 11.4 Å². The Kier molecular flexibility index (Phi) is 4.82. The lowest BCUT2D eigenvalue weighted by Crippen LogP contribution is -2.28. The highest BCUT2D eigenvalue weighted by Gasteiger charge is 2.33. The minimum atomic E-state index is -4.59. The fraction of sp³-hybridized carbons (Fsp3) is 0.235. The van der Waals surface area contributed by atoms with Gasteiger partial charge in [0.15, 0.2) is 0 Å². The number of hydrogen-bond acceptors (Lipinski definition) is 4. The molecular weight excluding hydrogens is 367 g/mol. The predicted octanol–water partition coefficient (Wildman–Crippen LogP) is 3.68. The van der Waals surface area contributed by atoms with Gasteiger partial charge in [0.2, 0.25) is 5.91 Å². The SMILES string of the molecule is CCc1cc2c(=O)n(CC(=O)Nc3ccccc3C(F)(F)F)cnc2s1. The molecule has 0 aliphatic carbocycles. The average Bonchev–Trinajstić information content (AvgIpc) is 3.01. The summed E-state index contributed by atoms with van der Waals surface area (Å²) in [6, 6.07) is 6.40. The Balaban J connectivity index is 1.84. The van der Waals surface area contributed by atoms with Gasteiger partial charge in [-0.3, -0.25) is 14.2 Å². The highest BCUT2D eigenvalue weighted by molar-refractivity contribution is 7.18. The molecule has 136 valence electrons. The summed E-state index contributed by atoms with van der Waals surface area (Å²) >= 11 is 1.40. The third-order valence-electron chi connectivity index (χ3n) is 3.74. The van der Waals surface area contributed by atoms with E-state index in [0.717, 1.165) is 28.0 Å². The number of carbonyl (C=O) groups is 1. The molecule has 0 radical (unpaired) electrons. The van der Waals surface area contributed by atoms with Crippen molar-refractivity contribution in [1.82, 2.24) is 9.55 Å². The van der Waals surface area contributed by atoms with Crippen LogP contribution in [0.1, 0.15) is 17.4 Å². The summed E-state index contributed by atoms with van der Waals surface area (Å²) < 4.78 is 40.0. The molecule has 26 heavy (non-hydrogen) atoms. The summed E-state index contributed by atoms with van der Waals surface area (Å²) in [5.74, 6) is -0.740. The van der Waals surface area contributed by atoms with Crippen molar-refractivity contribution in [3.8, 4) is 0 Å². The first kappa shape index (κ1) is 18.1. The Bertz CT molecular complexity index is 1020. The molecule has 1 aromatic carbocycles. The quantitative estimate of drug-likeness (QED) is 0.750. The molecule has 0 atom stereocenters. The van der Waals surface area contributed by atoms with Gasteiger partial charge in [0.05, 0.1) is 23.0 Å². The monoisotopic (exact) mass is 381 g/mol. The molecule has 0 bridgehead atoms. The minimum absolute atomic E-state index is 0.351. The topological polar surface area (TPSA) is 64.0 Å². The summed E-state index contributed by atoms with van der Waals surface area (Å²) in [6.07, 6.45) is -2.60. The third kappa shape index (κ3) is 3.62. The fourth-order valence-corrected chi connectivity index (χ4v) is 3.41. The van der Waals surface area contributed by atoms with Crippen LogP contribution in [0, 0.1) is 0 Å². The molecular formula is C17H14F3N3O2S. The van der Waals surface area contributed by atoms with Crippen LogP contribution >= 0.6 is 11.3 Å². The van der Waals surface area contributed by atoms with Crippen LogP contribution in [0.4, 0.5) is 18.9 Å². The van der Waals surface area contributed by atoms with Gasteiger partial charge in [-0.15, -0.1) is 11.3 Å². The molecule has 0 saturated carbocycles. The molecule has 3 aromatic rings. The lowest BCUT2D eigenvalue weighted by atomic mass is 10.1. The molecule has 0 unspecified atom stereocenters. The minimum Gasteiger partial charge on any atom is -0.324 e. The smallest absolute Gasteiger partial charge is 0.324 e. The molecule has 1 N–H and O–H groups in total. The second-order valence-electron chi connectivity index (χ2n) is 5.55. The van der Waals surface area contributed by atoms with E-state index < -0.39 is 29.8 Å². The molecule has 0 spiro atoms. The van der Waals surface area contributed by atoms with E-state index in [1.165, 1.54) is 29.8 Å². The molecule has 0 saturated heterocycles. The number of para-hydroxylation sites is 1. The third-order valence-corrected chi connectivity index (χ3v) is 4.93. The average molecular weight is 381 g/mol. The Morgan fingerprint density at radius 1 is 1.31 bits per heavy atom. The number of aryl methyl sites for hydroxylation is 1. The number of fused-ring (bicyclic) bond motifs is 1. The maximum absolute atomic E-state index is 13.0. The Morgan fingerprint density at radius 3 is 2.73 bits per heavy atom. The number of halogens is 3. The summed E-state index contributed by atoms with van der Waals surface area (Å²) in [5.41, 5.74) is -1.69. The standard InChI is InChI=1S/C17H14F3N3O2S/c1-2-10-7-11-15(26-10)21-9-23(16(11)25)8-14(24)22-13-6-4-3-5-12(13)17(18,19)20/h3-7,9H,2,8H2,1H3,(H,22,24). The van der Waals surface area contributed by atoms with Crippen LogP contribution in [0.5, 0.6) is 0 Å². The van der Waals surface area contributed by atoms with Crippen molar-refractivity contribution in [3.63, 3.8) is 0 Å². The predicted molar refractivity (Wildman–Crippen MR) is 93.3 cm³/mol. The maximum atomic E-state index is 13.0. The molecule has 2 heterocycles. The molecule has 0 aliphatic heterocycles. The number of amides is 1. The molecule has 1 amide bonds. The number of benzene rings is 1. The summed E-state index contributed by atoms with van der Waals surface area (Å²) in [6.45, 7) is 1.53. The van der Waals surface area contributed by atoms with E-state index in [1.807, 2.05) is 6.92 Å². The number of rotatable bonds is 4. The lowest BCUT2D eigenvalue weighted by molar-refractivity contribution is -0.137. The number of nitrogens with zero attached hydrogens (tertiary/aromatic N) is 2. The van der Waals surface area contributed by atoms with Gasteiger partial charge in [0, 0.05) is 4.88 Å². The van der Waals surface area contributed by atoms with Crippen LogP contribution in [0.3, 0.4) is 0 Å². The van der Waals surface area contributed by atoms with Gasteiger partial charge in [0.25, 0.3) is 5.56 Å². The molecule has 5 nitrogen and oxygen atoms in total. The summed E-state index contributed by atoms with van der Waals surface area (Å²) in [7, 11) is 0. The van der Waals surface area contributed by atoms with Crippen molar-refractivity contribution in [3.05, 3.63) is 57.5 Å². The summed E-state index contributed by atoms with van der Waals surface area (Å²) in [4.78, 5) is 30.3. The van der Waals surface area contributed by atoms with Crippen LogP contribution in [0.25, 0.3) is 10.2 Å². The maximum Gasteiger partial charge on any atom is 0.418 e. The molecule has 9 heteroatoms. The zero-order valence-electron chi connectivity index (χ0n) is 13.6. The van der Waals surface area contributed by atoms with E-state index in [-0.39, 0.29) is 5.69 Å². The molecule has 0 aliphatic rings. The zero-order chi connectivity index (χ0) is 18.9. The molecule has 0 fully saturated rings. The highest BCUT2D eigenvalue weighted by Crippen LogP contribution is 2.34. The Morgan fingerprint density at radius 2 is 2.04 bits per heavy atom. The van der Waals surface area contributed by atoms with Crippen molar-refractivity contribution in [2.75, 3.05) is 5.32 Å². The van der Waals surface area contributed by atoms with Crippen LogP contribution in [-0.2, 0) is 23.9 Å². The number of aromatic nitrogens is 2. The summed E-state index contributed by atoms with van der Waals surface area (Å²) in [5, 5.41) is 2.61. The van der Waals surface area contributed by atoms with Gasteiger partial charge in [-0.05, 0) is 24.6 Å². The van der Waals surface area contributed by atoms with E-state index in [0.29, 0.717) is 10.2 Å². The van der Waals surface area contributed by atoms with E-state index in [1.54, 1.807) is 6.07 Å². The van der Waals surface area contributed by atoms with Crippen LogP contribution in [0.15, 0.2) is 41.5 Å². The fourth-order valence-electron chi connectivity index (χ4n) is 2.48. The normalized spacial score (nSPS) is 11.7. The van der Waals surface area contributed by atoms with Crippen molar-refractivity contribution >= 4 is 33.1 Å². The van der Waals surface area contributed by atoms with Crippen LogP contribution in [0.2, 0.25) is 0 Å². The van der Waals surface area contributed by atoms with Crippen molar-refractivity contribution in [2.24, 2.45) is 0 Å².